The van der Waals surface area contributed by atoms with Gasteiger partial charge < -0.3 is 14.4 Å². The Labute approximate surface area is 225 Å². The average molecular weight is 558 g/mol. The Kier molecular flexibility index (Phi) is 9.40. The molecule has 0 radical (unpaired) electrons. The molecule has 2 amide bonds. The highest BCUT2D eigenvalue weighted by atomic mass is 32.2. The summed E-state index contributed by atoms with van der Waals surface area (Å²) < 4.78 is 34.9. The molecule has 38 heavy (non-hydrogen) atoms. The molecule has 0 saturated carbocycles. The molecule has 0 spiro atoms. The van der Waals surface area contributed by atoms with E-state index in [-0.39, 0.29) is 18.1 Å². The summed E-state index contributed by atoms with van der Waals surface area (Å²) in [7, 11) is -1.22. The van der Waals surface area contributed by atoms with Gasteiger partial charge in [0, 0.05) is 23.1 Å². The molecule has 0 fully saturated rings. The Balaban J connectivity index is 1.86. The summed E-state index contributed by atoms with van der Waals surface area (Å²) in [4.78, 5) is 31.5. The van der Waals surface area contributed by atoms with Gasteiger partial charge in [-0.1, -0.05) is 12.1 Å². The van der Waals surface area contributed by atoms with Crippen LogP contribution in [0.5, 0.6) is 11.5 Å². The maximum atomic E-state index is 13.6. The first-order chi connectivity index (χ1) is 18.0. The van der Waals surface area contributed by atoms with Crippen molar-refractivity contribution in [2.45, 2.75) is 26.3 Å². The van der Waals surface area contributed by atoms with E-state index in [1.165, 1.54) is 19.6 Å². The first-order valence-electron chi connectivity index (χ1n) is 11.3. The topological polar surface area (TPSA) is 165 Å². The standard InChI is InChI=1S/C25H27N5O6S2/c1-16-21(35-2)11-19(12-22(16)36-3)25(32)30(9-5-8-17-6-4-7-18(10-17)13-26)14-23-28-20(15-37-23)24(31)29-38(27,33)34/h4,6-7,10-12,15H,5,8-9,14H2,1-3H3,(H,29,31)(H2,27,33,34). The van der Waals surface area contributed by atoms with Gasteiger partial charge in [-0.05, 0) is 49.6 Å². The SMILES string of the molecule is COc1cc(C(=O)N(CCCc2cccc(C#N)c2)Cc2nc(C(=O)NS(N)(=O)=O)cs2)cc(OC)c1C. The Morgan fingerprint density at radius 2 is 1.87 bits per heavy atom. The van der Waals surface area contributed by atoms with Crippen LogP contribution in [-0.4, -0.2) is 50.9 Å². The Morgan fingerprint density at radius 1 is 1.18 bits per heavy atom. The molecule has 0 unspecified atom stereocenters. The number of rotatable bonds is 11. The highest BCUT2D eigenvalue weighted by Crippen LogP contribution is 2.30. The summed E-state index contributed by atoms with van der Waals surface area (Å²) in [5, 5.41) is 15.8. The summed E-state index contributed by atoms with van der Waals surface area (Å²) in [6.07, 6.45) is 1.21. The third-order valence-electron chi connectivity index (χ3n) is 5.58. The lowest BCUT2D eigenvalue weighted by atomic mass is 10.1. The zero-order valence-electron chi connectivity index (χ0n) is 21.1. The number of hydrogen-bond donors (Lipinski definition) is 2. The number of aromatic nitrogens is 1. The van der Waals surface area contributed by atoms with Crippen molar-refractivity contribution in [2.75, 3.05) is 20.8 Å². The number of aryl methyl sites for hydroxylation is 1. The van der Waals surface area contributed by atoms with Gasteiger partial charge in [0.15, 0.2) is 0 Å². The first kappa shape index (κ1) is 28.6. The number of amides is 2. The predicted molar refractivity (Wildman–Crippen MR) is 141 cm³/mol. The molecule has 3 rings (SSSR count). The number of nitrogens with zero attached hydrogens (tertiary/aromatic N) is 3. The number of carbonyl (C=O) groups is 2. The largest absolute Gasteiger partial charge is 0.496 e. The number of carbonyl (C=O) groups excluding carboxylic acids is 2. The summed E-state index contributed by atoms with van der Waals surface area (Å²) in [5.41, 5.74) is 2.49. The third kappa shape index (κ3) is 7.51. The predicted octanol–water partition coefficient (Wildman–Crippen LogP) is 2.55. The molecule has 0 aliphatic heterocycles. The van der Waals surface area contributed by atoms with Crippen LogP contribution in [0.15, 0.2) is 41.8 Å². The van der Waals surface area contributed by atoms with Crippen molar-refractivity contribution in [1.82, 2.24) is 14.6 Å². The molecule has 0 atom stereocenters. The molecule has 0 aliphatic carbocycles. The molecule has 0 aliphatic rings. The molecule has 0 saturated heterocycles. The lowest BCUT2D eigenvalue weighted by Gasteiger charge is -2.23. The van der Waals surface area contributed by atoms with E-state index in [1.54, 1.807) is 33.9 Å². The summed E-state index contributed by atoms with van der Waals surface area (Å²) >= 11 is 1.11. The van der Waals surface area contributed by atoms with Gasteiger partial charge in [0.05, 0.1) is 32.4 Å². The van der Waals surface area contributed by atoms with Crippen LogP contribution in [-0.2, 0) is 23.2 Å². The van der Waals surface area contributed by atoms with Crippen molar-refractivity contribution in [3.8, 4) is 17.6 Å². The van der Waals surface area contributed by atoms with Crippen molar-refractivity contribution in [3.63, 3.8) is 0 Å². The van der Waals surface area contributed by atoms with E-state index in [4.69, 9.17) is 19.9 Å². The molecule has 200 valence electrons. The van der Waals surface area contributed by atoms with Crippen molar-refractivity contribution in [2.24, 2.45) is 5.14 Å². The van der Waals surface area contributed by atoms with E-state index in [1.807, 2.05) is 19.1 Å². The second-order valence-electron chi connectivity index (χ2n) is 8.25. The minimum absolute atomic E-state index is 0.0723. The summed E-state index contributed by atoms with van der Waals surface area (Å²) in [6, 6.07) is 12.6. The minimum Gasteiger partial charge on any atom is -0.496 e. The highest BCUT2D eigenvalue weighted by molar-refractivity contribution is 7.87. The number of methoxy groups -OCH3 is 2. The average Bonchev–Trinajstić information content (AvgIpc) is 3.36. The number of benzene rings is 2. The van der Waals surface area contributed by atoms with Crippen molar-refractivity contribution >= 4 is 33.4 Å². The van der Waals surface area contributed by atoms with Crippen LogP contribution in [0.4, 0.5) is 0 Å². The molecule has 3 aromatic rings. The molecular formula is C25H27N5O6S2. The van der Waals surface area contributed by atoms with Gasteiger partial charge in [-0.3, -0.25) is 9.59 Å². The van der Waals surface area contributed by atoms with Crippen molar-refractivity contribution < 1.29 is 27.5 Å². The van der Waals surface area contributed by atoms with Gasteiger partial charge in [-0.2, -0.15) is 13.7 Å². The van der Waals surface area contributed by atoms with Crippen LogP contribution in [0.25, 0.3) is 0 Å². The fourth-order valence-corrected chi connectivity index (χ4v) is 4.90. The van der Waals surface area contributed by atoms with Gasteiger partial charge in [-0.15, -0.1) is 11.3 Å². The van der Waals surface area contributed by atoms with Gasteiger partial charge >= 0.3 is 0 Å². The second kappa shape index (κ2) is 12.5. The maximum Gasteiger partial charge on any atom is 0.299 e. The second-order valence-corrected chi connectivity index (χ2v) is 10.5. The Morgan fingerprint density at radius 3 is 2.47 bits per heavy atom. The molecule has 13 heteroatoms. The number of nitrogens with two attached hydrogens (primary N) is 1. The highest BCUT2D eigenvalue weighted by Gasteiger charge is 2.22. The van der Waals surface area contributed by atoms with Crippen LogP contribution in [0.1, 0.15) is 49.0 Å². The molecule has 0 bridgehead atoms. The van der Waals surface area contributed by atoms with Crippen LogP contribution < -0.4 is 19.3 Å². The quantitative estimate of drug-likeness (QED) is 0.363. The number of nitriles is 1. The number of thiazole rings is 1. The summed E-state index contributed by atoms with van der Waals surface area (Å²) in [5.74, 6) is -0.272. The van der Waals surface area contributed by atoms with Gasteiger partial charge in [0.1, 0.15) is 22.2 Å². The summed E-state index contributed by atoms with van der Waals surface area (Å²) in [6.45, 7) is 2.23. The van der Waals surface area contributed by atoms with Crippen LogP contribution in [0, 0.1) is 18.3 Å². The van der Waals surface area contributed by atoms with E-state index in [0.29, 0.717) is 47.0 Å². The normalized spacial score (nSPS) is 10.9. The number of hydrogen-bond acceptors (Lipinski definition) is 9. The molecular weight excluding hydrogens is 530 g/mol. The third-order valence-corrected chi connectivity index (χ3v) is 6.88. The Hall–Kier alpha value is -3.99. The molecule has 1 heterocycles. The lowest BCUT2D eigenvalue weighted by Crippen LogP contribution is -2.36. The molecule has 2 aromatic carbocycles. The molecule has 3 N–H and O–H groups in total. The monoisotopic (exact) mass is 557 g/mol. The van der Waals surface area contributed by atoms with Crippen LogP contribution in [0.2, 0.25) is 0 Å². The van der Waals surface area contributed by atoms with Crippen LogP contribution >= 0.6 is 11.3 Å². The number of ether oxygens (including phenoxy) is 2. The first-order valence-corrected chi connectivity index (χ1v) is 13.8. The fourth-order valence-electron chi connectivity index (χ4n) is 3.75. The van der Waals surface area contributed by atoms with Gasteiger partial charge in [0.25, 0.3) is 22.0 Å². The Bertz CT molecular complexity index is 1450. The zero-order valence-corrected chi connectivity index (χ0v) is 22.7. The smallest absolute Gasteiger partial charge is 0.299 e. The minimum atomic E-state index is -4.24. The van der Waals surface area contributed by atoms with Gasteiger partial charge in [0.2, 0.25) is 0 Å². The van der Waals surface area contributed by atoms with E-state index < -0.39 is 16.1 Å². The molecule has 11 nitrogen and oxygen atoms in total. The fraction of sp³-hybridized carbons (Fsp3) is 0.280. The van der Waals surface area contributed by atoms with Crippen molar-refractivity contribution in [3.05, 3.63) is 74.7 Å². The van der Waals surface area contributed by atoms with Crippen LogP contribution in [0.3, 0.4) is 0 Å². The maximum absolute atomic E-state index is 13.6. The van der Waals surface area contributed by atoms with E-state index in [2.05, 4.69) is 11.1 Å². The van der Waals surface area contributed by atoms with Gasteiger partial charge in [-0.25, -0.2) is 14.8 Å². The lowest BCUT2D eigenvalue weighted by molar-refractivity contribution is 0.0740. The zero-order chi connectivity index (χ0) is 27.9. The molecule has 1 aromatic heterocycles. The van der Waals surface area contributed by atoms with E-state index in [9.17, 15) is 18.0 Å². The number of nitrogens with one attached hydrogen (secondary N) is 1. The van der Waals surface area contributed by atoms with E-state index >= 15 is 0 Å². The van der Waals surface area contributed by atoms with Crippen molar-refractivity contribution in [1.29, 1.82) is 5.26 Å². The van der Waals surface area contributed by atoms with E-state index in [0.717, 1.165) is 22.5 Å².